The molecule has 0 radical (unpaired) electrons. The van der Waals surface area contributed by atoms with E-state index in [9.17, 15) is 13.2 Å². The summed E-state index contributed by atoms with van der Waals surface area (Å²) >= 11 is 9.12. The van der Waals surface area contributed by atoms with E-state index in [4.69, 9.17) is 16.7 Å². The highest BCUT2D eigenvalue weighted by Gasteiger charge is 2.11. The van der Waals surface area contributed by atoms with E-state index >= 15 is 0 Å². The number of hydrogen-bond acceptors (Lipinski definition) is 5. The monoisotopic (exact) mass is 430 g/mol. The number of rotatable bonds is 5. The number of nitrogens with two attached hydrogens (primary N) is 1. The molecule has 0 aliphatic heterocycles. The number of primary sulfonamides is 1. The van der Waals surface area contributed by atoms with Gasteiger partial charge in [0, 0.05) is 10.2 Å². The zero-order valence-electron chi connectivity index (χ0n) is 12.0. The molecule has 2 aromatic carbocycles. The average molecular weight is 432 g/mol. The second-order valence-electron chi connectivity index (χ2n) is 4.54. The van der Waals surface area contributed by atoms with Crippen molar-refractivity contribution in [3.8, 4) is 0 Å². The molecule has 0 aliphatic rings. The molecule has 7 nitrogen and oxygen atoms in total. The van der Waals surface area contributed by atoms with Crippen molar-refractivity contribution < 1.29 is 13.2 Å². The largest absolute Gasteiger partial charge is 0.320 e. The van der Waals surface area contributed by atoms with E-state index < -0.39 is 15.9 Å². The van der Waals surface area contributed by atoms with Crippen LogP contribution in [0.3, 0.4) is 0 Å². The van der Waals surface area contributed by atoms with Crippen molar-refractivity contribution in [2.75, 3.05) is 10.7 Å². The third-order valence-electron chi connectivity index (χ3n) is 2.76. The van der Waals surface area contributed by atoms with Crippen LogP contribution in [0.4, 0.5) is 11.4 Å². The number of nitrogens with zero attached hydrogens (tertiary/aromatic N) is 1. The zero-order valence-corrected chi connectivity index (χ0v) is 15.2. The number of benzene rings is 2. The Balaban J connectivity index is 2.00. The van der Waals surface area contributed by atoms with Gasteiger partial charge in [-0.2, -0.15) is 5.10 Å². The Morgan fingerprint density at radius 1 is 1.04 bits per heavy atom. The third kappa shape index (κ3) is 5.31. The molecule has 0 bridgehead atoms. The molecule has 126 valence electrons. The van der Waals surface area contributed by atoms with Gasteiger partial charge in [-0.05, 0) is 48.5 Å². The minimum absolute atomic E-state index is 0.0582. The molecule has 24 heavy (non-hydrogen) atoms. The molecule has 2 aromatic rings. The van der Waals surface area contributed by atoms with Crippen molar-refractivity contribution in [2.24, 2.45) is 10.2 Å². The lowest BCUT2D eigenvalue weighted by molar-refractivity contribution is -0.110. The Bertz CT molecular complexity index is 868. The van der Waals surface area contributed by atoms with Crippen LogP contribution in [0.5, 0.6) is 0 Å². The topological polar surface area (TPSA) is 114 Å². The van der Waals surface area contributed by atoms with E-state index in [1.54, 1.807) is 24.3 Å². The van der Waals surface area contributed by atoms with E-state index in [0.717, 1.165) is 4.47 Å². The molecule has 0 aromatic heterocycles. The van der Waals surface area contributed by atoms with Gasteiger partial charge in [0.05, 0.1) is 10.6 Å². The Kier molecular flexibility index (Phi) is 5.94. The summed E-state index contributed by atoms with van der Waals surface area (Å²) < 4.78 is 23.2. The maximum Gasteiger partial charge on any atom is 0.287 e. The number of carbonyl (C=O) groups is 1. The molecular formula is C14H12BrClN4O3S. The lowest BCUT2D eigenvalue weighted by Crippen LogP contribution is -2.19. The molecule has 1 amide bonds. The highest BCUT2D eigenvalue weighted by Crippen LogP contribution is 2.15. The van der Waals surface area contributed by atoms with Crippen molar-refractivity contribution in [2.45, 2.75) is 4.90 Å². The van der Waals surface area contributed by atoms with Crippen LogP contribution in [-0.4, -0.2) is 19.5 Å². The molecule has 0 atom stereocenters. The molecular weight excluding hydrogens is 420 g/mol. The Morgan fingerprint density at radius 2 is 1.58 bits per heavy atom. The van der Waals surface area contributed by atoms with Crippen molar-refractivity contribution in [1.82, 2.24) is 0 Å². The second kappa shape index (κ2) is 7.75. The SMILES string of the molecule is NS(=O)(=O)c1ccc(NC(=O)/C(Cl)=N/Nc2ccc(Br)cc2)cc1. The summed E-state index contributed by atoms with van der Waals surface area (Å²) in [5, 5.41) is 10.9. The highest BCUT2D eigenvalue weighted by atomic mass is 79.9. The summed E-state index contributed by atoms with van der Waals surface area (Å²) in [5.41, 5.74) is 3.65. The van der Waals surface area contributed by atoms with Crippen LogP contribution in [-0.2, 0) is 14.8 Å². The highest BCUT2D eigenvalue weighted by molar-refractivity contribution is 9.10. The maximum absolute atomic E-state index is 11.9. The zero-order chi connectivity index (χ0) is 17.7. The minimum atomic E-state index is -3.78. The number of hydrazone groups is 1. The van der Waals surface area contributed by atoms with E-state index in [2.05, 4.69) is 31.8 Å². The lowest BCUT2D eigenvalue weighted by Gasteiger charge is -2.05. The number of nitrogens with one attached hydrogen (secondary N) is 2. The summed E-state index contributed by atoms with van der Waals surface area (Å²) in [4.78, 5) is 11.8. The van der Waals surface area contributed by atoms with Gasteiger partial charge in [-0.1, -0.05) is 27.5 Å². The van der Waals surface area contributed by atoms with Crippen molar-refractivity contribution in [1.29, 1.82) is 0 Å². The molecule has 2 rings (SSSR count). The third-order valence-corrected chi connectivity index (χ3v) is 4.47. The maximum atomic E-state index is 11.9. The first-order chi connectivity index (χ1) is 11.3. The summed E-state index contributed by atoms with van der Waals surface area (Å²) in [6.45, 7) is 0. The van der Waals surface area contributed by atoms with Gasteiger partial charge in [-0.25, -0.2) is 13.6 Å². The molecule has 0 unspecified atom stereocenters. The van der Waals surface area contributed by atoms with E-state index in [1.165, 1.54) is 24.3 Å². The van der Waals surface area contributed by atoms with Gasteiger partial charge >= 0.3 is 0 Å². The predicted molar refractivity (Wildman–Crippen MR) is 97.5 cm³/mol. The number of carbonyl (C=O) groups excluding carboxylic acids is 1. The van der Waals surface area contributed by atoms with Crippen LogP contribution in [0.2, 0.25) is 0 Å². The van der Waals surface area contributed by atoms with Crippen LogP contribution in [0.25, 0.3) is 0 Å². The fourth-order valence-corrected chi connectivity index (χ4v) is 2.47. The fourth-order valence-electron chi connectivity index (χ4n) is 1.60. The van der Waals surface area contributed by atoms with Crippen molar-refractivity contribution in [3.05, 3.63) is 53.0 Å². The molecule has 0 heterocycles. The normalized spacial score (nSPS) is 11.9. The first kappa shape index (κ1) is 18.4. The smallest absolute Gasteiger partial charge is 0.287 e. The number of amides is 1. The van der Waals surface area contributed by atoms with E-state index in [1.807, 2.05) is 0 Å². The molecule has 0 aliphatic carbocycles. The molecule has 0 saturated carbocycles. The van der Waals surface area contributed by atoms with Gasteiger partial charge in [0.15, 0.2) is 0 Å². The molecule has 4 N–H and O–H groups in total. The van der Waals surface area contributed by atoms with Gasteiger partial charge in [-0.15, -0.1) is 0 Å². The van der Waals surface area contributed by atoms with Gasteiger partial charge in [-0.3, -0.25) is 10.2 Å². The second-order valence-corrected chi connectivity index (χ2v) is 7.38. The Morgan fingerprint density at radius 3 is 2.12 bits per heavy atom. The summed E-state index contributed by atoms with van der Waals surface area (Å²) in [6.07, 6.45) is 0. The number of hydrogen-bond donors (Lipinski definition) is 3. The number of anilines is 2. The summed E-state index contributed by atoms with van der Waals surface area (Å²) in [6, 6.07) is 12.4. The van der Waals surface area contributed by atoms with Gasteiger partial charge < -0.3 is 5.32 Å². The van der Waals surface area contributed by atoms with Crippen LogP contribution in [0, 0.1) is 0 Å². The Labute approximate surface area is 152 Å². The summed E-state index contributed by atoms with van der Waals surface area (Å²) in [5.74, 6) is -0.648. The van der Waals surface area contributed by atoms with E-state index in [0.29, 0.717) is 11.4 Å². The first-order valence-electron chi connectivity index (χ1n) is 6.45. The van der Waals surface area contributed by atoms with Crippen LogP contribution >= 0.6 is 27.5 Å². The molecule has 0 spiro atoms. The first-order valence-corrected chi connectivity index (χ1v) is 9.16. The summed E-state index contributed by atoms with van der Waals surface area (Å²) in [7, 11) is -3.78. The standard InChI is InChI=1S/C14H12BrClN4O3S/c15-9-1-3-11(4-2-9)19-20-13(16)14(21)18-10-5-7-12(8-6-10)24(17,22)23/h1-8,19H,(H,18,21)(H2,17,22,23)/b20-13-. The predicted octanol–water partition coefficient (Wildman–Crippen LogP) is 2.70. The average Bonchev–Trinajstić information content (AvgIpc) is 2.53. The van der Waals surface area contributed by atoms with Crippen molar-refractivity contribution >= 4 is 60.0 Å². The van der Waals surface area contributed by atoms with Gasteiger partial charge in [0.1, 0.15) is 0 Å². The van der Waals surface area contributed by atoms with Gasteiger partial charge in [0.25, 0.3) is 5.91 Å². The quantitative estimate of drug-likeness (QED) is 0.499. The van der Waals surface area contributed by atoms with Crippen LogP contribution in [0.15, 0.2) is 63.0 Å². The lowest BCUT2D eigenvalue weighted by atomic mass is 10.3. The van der Waals surface area contributed by atoms with E-state index in [-0.39, 0.29) is 10.1 Å². The Hall–Kier alpha value is -1.94. The fraction of sp³-hybridized carbons (Fsp3) is 0. The minimum Gasteiger partial charge on any atom is -0.320 e. The van der Waals surface area contributed by atoms with Crippen LogP contribution in [0.1, 0.15) is 0 Å². The molecule has 10 heteroatoms. The van der Waals surface area contributed by atoms with Crippen LogP contribution < -0.4 is 15.9 Å². The number of halogens is 2. The van der Waals surface area contributed by atoms with Crippen molar-refractivity contribution in [3.63, 3.8) is 0 Å². The molecule has 0 saturated heterocycles. The van der Waals surface area contributed by atoms with Gasteiger partial charge in [0.2, 0.25) is 15.2 Å². The number of sulfonamides is 1. The molecule has 0 fully saturated rings.